The summed E-state index contributed by atoms with van der Waals surface area (Å²) in [5.41, 5.74) is 1.13. The van der Waals surface area contributed by atoms with E-state index in [9.17, 15) is 4.79 Å². The van der Waals surface area contributed by atoms with Crippen LogP contribution >= 0.6 is 0 Å². The molecule has 0 radical (unpaired) electrons. The van der Waals surface area contributed by atoms with E-state index < -0.39 is 0 Å². The number of benzene rings is 1. The maximum Gasteiger partial charge on any atom is 0.258 e. The minimum atomic E-state index is -0.148. The number of methoxy groups -OCH3 is 1. The van der Waals surface area contributed by atoms with E-state index in [2.05, 4.69) is 24.5 Å². The molecule has 0 heterocycles. The molecule has 1 amide bonds. The molecule has 5 nitrogen and oxygen atoms in total. The van der Waals surface area contributed by atoms with E-state index >= 15 is 0 Å². The first-order valence-electron chi connectivity index (χ1n) is 7.24. The van der Waals surface area contributed by atoms with Crippen molar-refractivity contribution in [2.75, 3.05) is 20.3 Å². The molecule has 0 aliphatic carbocycles. The fourth-order valence-corrected chi connectivity index (χ4v) is 1.82. The van der Waals surface area contributed by atoms with Gasteiger partial charge in [-0.3, -0.25) is 4.79 Å². The molecule has 2 N–H and O–H groups in total. The second kappa shape index (κ2) is 9.37. The number of hydrogen-bond donors (Lipinski definition) is 2. The lowest BCUT2D eigenvalue weighted by molar-refractivity contribution is -0.124. The number of carbonyl (C=O) groups excluding carboxylic acids is 1. The van der Waals surface area contributed by atoms with Gasteiger partial charge in [0.05, 0.1) is 6.61 Å². The van der Waals surface area contributed by atoms with Crippen LogP contribution in [0.2, 0.25) is 0 Å². The molecule has 0 fully saturated rings. The first kappa shape index (κ1) is 17.5. The van der Waals surface area contributed by atoms with Crippen molar-refractivity contribution in [2.45, 2.75) is 39.4 Å². The van der Waals surface area contributed by atoms with Crippen LogP contribution in [0.15, 0.2) is 24.3 Å². The first-order valence-corrected chi connectivity index (χ1v) is 7.24. The standard InChI is InChI=1S/C16H26N2O3/c1-12(2)17-9-14-6-5-7-15(8-14)21-11-16(19)18-13(3)10-20-4/h5-8,12-13,17H,9-11H2,1-4H3,(H,18,19). The Hall–Kier alpha value is -1.59. The molecular weight excluding hydrogens is 268 g/mol. The summed E-state index contributed by atoms with van der Waals surface area (Å²) in [6.45, 7) is 7.38. The largest absolute Gasteiger partial charge is 0.484 e. The van der Waals surface area contributed by atoms with E-state index in [4.69, 9.17) is 9.47 Å². The van der Waals surface area contributed by atoms with Crippen molar-refractivity contribution in [3.63, 3.8) is 0 Å². The van der Waals surface area contributed by atoms with E-state index in [-0.39, 0.29) is 18.6 Å². The Morgan fingerprint density at radius 3 is 2.71 bits per heavy atom. The predicted octanol–water partition coefficient (Wildman–Crippen LogP) is 1.71. The van der Waals surface area contributed by atoms with Crippen molar-refractivity contribution < 1.29 is 14.3 Å². The molecule has 1 aromatic carbocycles. The highest BCUT2D eigenvalue weighted by Gasteiger charge is 2.08. The van der Waals surface area contributed by atoms with Crippen molar-refractivity contribution in [1.82, 2.24) is 10.6 Å². The fraction of sp³-hybridized carbons (Fsp3) is 0.562. The minimum absolute atomic E-state index is 0.00904. The summed E-state index contributed by atoms with van der Waals surface area (Å²) in [6, 6.07) is 8.17. The quantitative estimate of drug-likeness (QED) is 0.728. The summed E-state index contributed by atoms with van der Waals surface area (Å²) in [5, 5.41) is 6.15. The Bertz CT molecular complexity index is 435. The molecule has 0 saturated carbocycles. The lowest BCUT2D eigenvalue weighted by Gasteiger charge is -2.14. The summed E-state index contributed by atoms with van der Waals surface area (Å²) in [6.07, 6.45) is 0. The van der Waals surface area contributed by atoms with Gasteiger partial charge in [0.25, 0.3) is 5.91 Å². The Balaban J connectivity index is 2.40. The fourth-order valence-electron chi connectivity index (χ4n) is 1.82. The number of rotatable bonds is 9. The molecule has 21 heavy (non-hydrogen) atoms. The molecule has 1 aromatic rings. The second-order valence-electron chi connectivity index (χ2n) is 5.40. The third-order valence-corrected chi connectivity index (χ3v) is 2.81. The zero-order chi connectivity index (χ0) is 15.7. The van der Waals surface area contributed by atoms with Crippen molar-refractivity contribution in [1.29, 1.82) is 0 Å². The van der Waals surface area contributed by atoms with Crippen LogP contribution in [0, 0.1) is 0 Å². The molecular formula is C16H26N2O3. The first-order chi connectivity index (χ1) is 10.0. The monoisotopic (exact) mass is 294 g/mol. The van der Waals surface area contributed by atoms with Crippen LogP contribution < -0.4 is 15.4 Å². The Labute approximate surface area is 127 Å². The van der Waals surface area contributed by atoms with Gasteiger partial charge in [0.1, 0.15) is 5.75 Å². The third kappa shape index (κ3) is 7.68. The molecule has 0 saturated heterocycles. The van der Waals surface area contributed by atoms with Gasteiger partial charge in [-0.15, -0.1) is 0 Å². The predicted molar refractivity (Wildman–Crippen MR) is 83.4 cm³/mol. The van der Waals surface area contributed by atoms with Crippen LogP contribution in [0.1, 0.15) is 26.3 Å². The van der Waals surface area contributed by atoms with Crippen LogP contribution in [-0.4, -0.2) is 38.3 Å². The van der Waals surface area contributed by atoms with E-state index in [1.54, 1.807) is 7.11 Å². The minimum Gasteiger partial charge on any atom is -0.484 e. The maximum absolute atomic E-state index is 11.7. The van der Waals surface area contributed by atoms with Gasteiger partial charge >= 0.3 is 0 Å². The number of carbonyl (C=O) groups is 1. The van der Waals surface area contributed by atoms with Crippen LogP contribution in [0.25, 0.3) is 0 Å². The zero-order valence-corrected chi connectivity index (χ0v) is 13.3. The molecule has 0 aliphatic rings. The lowest BCUT2D eigenvalue weighted by Crippen LogP contribution is -2.38. The summed E-state index contributed by atoms with van der Waals surface area (Å²) >= 11 is 0. The average molecular weight is 294 g/mol. The molecule has 5 heteroatoms. The normalized spacial score (nSPS) is 12.2. The van der Waals surface area contributed by atoms with Crippen molar-refractivity contribution in [3.05, 3.63) is 29.8 Å². The van der Waals surface area contributed by atoms with Gasteiger partial charge in [-0.05, 0) is 24.6 Å². The molecule has 0 bridgehead atoms. The highest BCUT2D eigenvalue weighted by molar-refractivity contribution is 5.77. The highest BCUT2D eigenvalue weighted by atomic mass is 16.5. The van der Waals surface area contributed by atoms with Crippen molar-refractivity contribution >= 4 is 5.91 Å². The number of hydrogen-bond acceptors (Lipinski definition) is 4. The number of ether oxygens (including phenoxy) is 2. The van der Waals surface area contributed by atoms with Gasteiger partial charge in [-0.25, -0.2) is 0 Å². The maximum atomic E-state index is 11.7. The molecule has 1 unspecified atom stereocenters. The van der Waals surface area contributed by atoms with Crippen molar-refractivity contribution in [2.24, 2.45) is 0 Å². The average Bonchev–Trinajstić information content (AvgIpc) is 2.43. The third-order valence-electron chi connectivity index (χ3n) is 2.81. The van der Waals surface area contributed by atoms with E-state index in [1.807, 2.05) is 31.2 Å². The molecule has 1 rings (SSSR count). The molecule has 1 atom stereocenters. The Morgan fingerprint density at radius 1 is 1.29 bits per heavy atom. The SMILES string of the molecule is COCC(C)NC(=O)COc1cccc(CNC(C)C)c1. The van der Waals surface area contributed by atoms with Crippen LogP contribution in [-0.2, 0) is 16.1 Å². The molecule has 118 valence electrons. The topological polar surface area (TPSA) is 59.6 Å². The lowest BCUT2D eigenvalue weighted by atomic mass is 10.2. The molecule has 0 aliphatic heterocycles. The van der Waals surface area contributed by atoms with Gasteiger partial charge in [0.15, 0.2) is 6.61 Å². The van der Waals surface area contributed by atoms with Gasteiger partial charge in [-0.2, -0.15) is 0 Å². The number of amides is 1. The van der Waals surface area contributed by atoms with Gasteiger partial charge in [-0.1, -0.05) is 26.0 Å². The van der Waals surface area contributed by atoms with Crippen LogP contribution in [0.3, 0.4) is 0 Å². The van der Waals surface area contributed by atoms with Crippen LogP contribution in [0.5, 0.6) is 5.75 Å². The second-order valence-corrected chi connectivity index (χ2v) is 5.40. The number of nitrogens with one attached hydrogen (secondary N) is 2. The molecule has 0 spiro atoms. The van der Waals surface area contributed by atoms with E-state index in [0.717, 1.165) is 12.1 Å². The Kier molecular flexibility index (Phi) is 7.79. The summed E-state index contributed by atoms with van der Waals surface area (Å²) in [5.74, 6) is 0.554. The smallest absolute Gasteiger partial charge is 0.258 e. The van der Waals surface area contributed by atoms with Crippen LogP contribution in [0.4, 0.5) is 0 Å². The van der Waals surface area contributed by atoms with Crippen molar-refractivity contribution in [3.8, 4) is 5.75 Å². The summed E-state index contributed by atoms with van der Waals surface area (Å²) < 4.78 is 10.5. The zero-order valence-electron chi connectivity index (χ0n) is 13.3. The highest BCUT2D eigenvalue weighted by Crippen LogP contribution is 2.13. The molecule has 0 aromatic heterocycles. The van der Waals surface area contributed by atoms with E-state index in [1.165, 1.54) is 0 Å². The van der Waals surface area contributed by atoms with Gasteiger partial charge in [0, 0.05) is 25.7 Å². The Morgan fingerprint density at radius 2 is 2.05 bits per heavy atom. The summed E-state index contributed by atoms with van der Waals surface area (Å²) in [4.78, 5) is 11.7. The van der Waals surface area contributed by atoms with Gasteiger partial charge in [0.2, 0.25) is 0 Å². The summed E-state index contributed by atoms with van der Waals surface area (Å²) in [7, 11) is 1.61. The van der Waals surface area contributed by atoms with E-state index in [0.29, 0.717) is 18.4 Å². The van der Waals surface area contributed by atoms with Gasteiger partial charge < -0.3 is 20.1 Å².